The summed E-state index contributed by atoms with van der Waals surface area (Å²) >= 11 is 0. The maximum absolute atomic E-state index is 13.2. The lowest BCUT2D eigenvalue weighted by molar-refractivity contribution is -0.385. The van der Waals surface area contributed by atoms with E-state index in [0.717, 1.165) is 17.5 Å². The zero-order valence-electron chi connectivity index (χ0n) is 16.7. The number of rotatable bonds is 6. The van der Waals surface area contributed by atoms with Gasteiger partial charge in [-0.1, -0.05) is 60.7 Å². The highest BCUT2D eigenvalue weighted by atomic mass is 16.7. The van der Waals surface area contributed by atoms with Crippen LogP contribution >= 0.6 is 0 Å². The number of esters is 1. The van der Waals surface area contributed by atoms with Gasteiger partial charge in [0, 0.05) is 11.6 Å². The summed E-state index contributed by atoms with van der Waals surface area (Å²) in [4.78, 5) is 24.3. The van der Waals surface area contributed by atoms with Gasteiger partial charge in [0.25, 0.3) is 0 Å². The molecule has 0 amide bonds. The number of nitrogens with zero attached hydrogens (tertiary/aromatic N) is 1. The van der Waals surface area contributed by atoms with E-state index in [1.165, 1.54) is 12.1 Å². The molecule has 1 saturated heterocycles. The monoisotopic (exact) mass is 419 g/mol. The van der Waals surface area contributed by atoms with Gasteiger partial charge >= 0.3 is 11.7 Å². The molecule has 31 heavy (non-hydrogen) atoms. The Morgan fingerprint density at radius 3 is 2.06 bits per heavy atom. The first-order valence-corrected chi connectivity index (χ1v) is 9.96. The van der Waals surface area contributed by atoms with Gasteiger partial charge in [-0.05, 0) is 29.7 Å². The smallest absolute Gasteiger partial charge is 0.323 e. The maximum atomic E-state index is 13.2. The van der Waals surface area contributed by atoms with Crippen molar-refractivity contribution < 1.29 is 23.9 Å². The minimum atomic E-state index is -0.716. The largest absolute Gasteiger partial charge is 0.418 e. The second kappa shape index (κ2) is 9.51. The topological polar surface area (TPSA) is 87.9 Å². The molecule has 158 valence electrons. The zero-order valence-corrected chi connectivity index (χ0v) is 16.7. The molecule has 1 heterocycles. The van der Waals surface area contributed by atoms with E-state index < -0.39 is 23.1 Å². The zero-order chi connectivity index (χ0) is 21.6. The maximum Gasteiger partial charge on any atom is 0.323 e. The molecule has 0 bridgehead atoms. The summed E-state index contributed by atoms with van der Waals surface area (Å²) in [7, 11) is 0. The van der Waals surface area contributed by atoms with Gasteiger partial charge in [-0.25, -0.2) is 0 Å². The Hall–Kier alpha value is -3.55. The number of carbonyl (C=O) groups excluding carboxylic acids is 1. The fraction of sp³-hybridized carbons (Fsp3) is 0.208. The molecule has 0 aromatic heterocycles. The SMILES string of the molecule is O=C(Oc1ccc(C2OCCCO2)cc1[N+](=O)[O-])C(c1ccccc1)c1ccccc1. The Morgan fingerprint density at radius 1 is 0.935 bits per heavy atom. The molecule has 3 aromatic carbocycles. The van der Waals surface area contributed by atoms with Crippen LogP contribution in [-0.2, 0) is 14.3 Å². The van der Waals surface area contributed by atoms with Crippen LogP contribution in [-0.4, -0.2) is 24.1 Å². The second-order valence-electron chi connectivity index (χ2n) is 7.09. The molecule has 3 aromatic rings. The normalized spacial score (nSPS) is 14.4. The van der Waals surface area contributed by atoms with Crippen molar-refractivity contribution in [1.29, 1.82) is 0 Å². The van der Waals surface area contributed by atoms with Crippen molar-refractivity contribution in [1.82, 2.24) is 0 Å². The van der Waals surface area contributed by atoms with E-state index in [9.17, 15) is 14.9 Å². The van der Waals surface area contributed by atoms with Crippen LogP contribution < -0.4 is 4.74 Å². The average molecular weight is 419 g/mol. The van der Waals surface area contributed by atoms with Gasteiger partial charge in [0.1, 0.15) is 5.92 Å². The highest BCUT2D eigenvalue weighted by Gasteiger charge is 2.29. The van der Waals surface area contributed by atoms with Crippen LogP contribution in [0.2, 0.25) is 0 Å². The third-order valence-corrected chi connectivity index (χ3v) is 4.99. The lowest BCUT2D eigenvalue weighted by Gasteiger charge is -2.23. The lowest BCUT2D eigenvalue weighted by Crippen LogP contribution is -2.21. The van der Waals surface area contributed by atoms with Gasteiger partial charge in [-0.2, -0.15) is 0 Å². The van der Waals surface area contributed by atoms with Crippen LogP contribution in [0, 0.1) is 10.1 Å². The van der Waals surface area contributed by atoms with Gasteiger partial charge in [-0.15, -0.1) is 0 Å². The molecule has 0 aliphatic carbocycles. The van der Waals surface area contributed by atoms with E-state index in [2.05, 4.69) is 0 Å². The standard InChI is InChI=1S/C24H21NO6/c26-23(22(17-8-3-1-4-9-17)18-10-5-2-6-11-18)31-21-13-12-19(16-20(21)25(27)28)24-29-14-7-15-30-24/h1-6,8-13,16,22,24H,7,14-15H2. The van der Waals surface area contributed by atoms with Crippen LogP contribution in [0.4, 0.5) is 5.69 Å². The number of nitro groups is 1. The summed E-state index contributed by atoms with van der Waals surface area (Å²) in [5.74, 6) is -1.43. The predicted molar refractivity (Wildman–Crippen MR) is 113 cm³/mol. The quantitative estimate of drug-likeness (QED) is 0.248. The molecule has 1 fully saturated rings. The minimum absolute atomic E-state index is 0.119. The highest BCUT2D eigenvalue weighted by Crippen LogP contribution is 2.35. The molecule has 1 aliphatic rings. The second-order valence-corrected chi connectivity index (χ2v) is 7.09. The van der Waals surface area contributed by atoms with Gasteiger partial charge in [0.05, 0.1) is 18.1 Å². The number of nitro benzene ring substituents is 1. The summed E-state index contributed by atoms with van der Waals surface area (Å²) in [6.07, 6.45) is 0.104. The third kappa shape index (κ3) is 4.79. The van der Waals surface area contributed by atoms with Crippen LogP contribution in [0.25, 0.3) is 0 Å². The molecule has 7 heteroatoms. The van der Waals surface area contributed by atoms with Crippen molar-refractivity contribution >= 4 is 11.7 Å². The summed E-state index contributed by atoms with van der Waals surface area (Å²) < 4.78 is 16.6. The third-order valence-electron chi connectivity index (χ3n) is 4.99. The molecule has 0 spiro atoms. The summed E-state index contributed by atoms with van der Waals surface area (Å²) in [6, 6.07) is 22.7. The molecule has 0 atom stereocenters. The Labute approximate surface area is 179 Å². The van der Waals surface area contributed by atoms with E-state index >= 15 is 0 Å². The summed E-state index contributed by atoms with van der Waals surface area (Å²) in [5.41, 5.74) is 1.67. The molecule has 7 nitrogen and oxygen atoms in total. The number of carbonyl (C=O) groups is 1. The lowest BCUT2D eigenvalue weighted by atomic mass is 9.91. The highest BCUT2D eigenvalue weighted by molar-refractivity contribution is 5.84. The number of hydrogen-bond acceptors (Lipinski definition) is 6. The summed E-state index contributed by atoms with van der Waals surface area (Å²) in [6.45, 7) is 1.04. The first kappa shape index (κ1) is 20.7. The van der Waals surface area contributed by atoms with Crippen molar-refractivity contribution in [2.75, 3.05) is 13.2 Å². The number of benzene rings is 3. The molecule has 4 rings (SSSR count). The Kier molecular flexibility index (Phi) is 6.35. The van der Waals surface area contributed by atoms with E-state index in [1.807, 2.05) is 60.7 Å². The van der Waals surface area contributed by atoms with Crippen molar-refractivity contribution in [2.45, 2.75) is 18.6 Å². The average Bonchev–Trinajstić information content (AvgIpc) is 2.81. The van der Waals surface area contributed by atoms with Crippen molar-refractivity contribution in [3.05, 3.63) is 106 Å². The summed E-state index contributed by atoms with van der Waals surface area (Å²) in [5, 5.41) is 11.7. The van der Waals surface area contributed by atoms with E-state index in [1.54, 1.807) is 6.07 Å². The van der Waals surface area contributed by atoms with Crippen LogP contribution in [0.15, 0.2) is 78.9 Å². The van der Waals surface area contributed by atoms with Gasteiger partial charge < -0.3 is 14.2 Å². The van der Waals surface area contributed by atoms with E-state index in [4.69, 9.17) is 14.2 Å². The predicted octanol–water partition coefficient (Wildman–Crippen LogP) is 4.77. The first-order valence-electron chi connectivity index (χ1n) is 9.96. The van der Waals surface area contributed by atoms with E-state index in [-0.39, 0.29) is 11.4 Å². The van der Waals surface area contributed by atoms with Crippen molar-refractivity contribution in [2.24, 2.45) is 0 Å². The fourth-order valence-electron chi connectivity index (χ4n) is 3.51. The van der Waals surface area contributed by atoms with Crippen molar-refractivity contribution in [3.63, 3.8) is 0 Å². The fourth-order valence-corrected chi connectivity index (χ4v) is 3.51. The molecule has 1 aliphatic heterocycles. The molecule has 0 saturated carbocycles. The Bertz CT molecular complexity index is 1010. The molecule has 0 N–H and O–H groups in total. The molecular formula is C24H21NO6. The van der Waals surface area contributed by atoms with Gasteiger partial charge in [0.15, 0.2) is 6.29 Å². The minimum Gasteiger partial charge on any atom is -0.418 e. The van der Waals surface area contributed by atoms with Crippen LogP contribution in [0.3, 0.4) is 0 Å². The van der Waals surface area contributed by atoms with Crippen LogP contribution in [0.1, 0.15) is 35.3 Å². The number of ether oxygens (including phenoxy) is 3. The van der Waals surface area contributed by atoms with E-state index in [0.29, 0.717) is 18.8 Å². The van der Waals surface area contributed by atoms with Gasteiger partial charge in [0.2, 0.25) is 5.75 Å². The van der Waals surface area contributed by atoms with Crippen LogP contribution in [0.5, 0.6) is 5.75 Å². The molecule has 0 unspecified atom stereocenters. The number of hydrogen-bond donors (Lipinski definition) is 0. The van der Waals surface area contributed by atoms with Crippen molar-refractivity contribution in [3.8, 4) is 5.75 Å². The molecule has 0 radical (unpaired) electrons. The Balaban J connectivity index is 1.64. The Morgan fingerprint density at radius 2 is 1.52 bits per heavy atom. The first-order chi connectivity index (χ1) is 15.1. The van der Waals surface area contributed by atoms with Gasteiger partial charge in [-0.3, -0.25) is 14.9 Å². The molecular weight excluding hydrogens is 398 g/mol.